The van der Waals surface area contributed by atoms with Gasteiger partial charge in [0.1, 0.15) is 5.82 Å². The smallest absolute Gasteiger partial charge is 0.230 e. The predicted molar refractivity (Wildman–Crippen MR) is 94.8 cm³/mol. The second kappa shape index (κ2) is 7.69. The van der Waals surface area contributed by atoms with E-state index in [1.807, 2.05) is 12.1 Å². The van der Waals surface area contributed by atoms with Crippen molar-refractivity contribution >= 4 is 22.4 Å². The van der Waals surface area contributed by atoms with Crippen LogP contribution in [0.3, 0.4) is 0 Å². The van der Waals surface area contributed by atoms with Crippen LogP contribution >= 0.6 is 11.3 Å². The van der Waals surface area contributed by atoms with Crippen molar-refractivity contribution in [3.05, 3.63) is 82.1 Å². The zero-order chi connectivity index (χ0) is 17.6. The van der Waals surface area contributed by atoms with E-state index < -0.39 is 0 Å². The van der Waals surface area contributed by atoms with Gasteiger partial charge in [-0.3, -0.25) is 4.79 Å². The number of carbonyl (C=O) groups is 1. The fourth-order valence-electron chi connectivity index (χ4n) is 2.34. The number of thiazole rings is 1. The van der Waals surface area contributed by atoms with Gasteiger partial charge in [-0.25, -0.2) is 9.37 Å². The maximum absolute atomic E-state index is 13.1. The summed E-state index contributed by atoms with van der Waals surface area (Å²) in [5.74, 6) is -0.589. The van der Waals surface area contributed by atoms with E-state index in [1.165, 1.54) is 23.5 Å². The number of halogens is 1. The summed E-state index contributed by atoms with van der Waals surface area (Å²) in [5.41, 5.74) is 2.31. The Morgan fingerprint density at radius 1 is 1.20 bits per heavy atom. The molecule has 0 aliphatic carbocycles. The molecule has 0 bridgehead atoms. The molecule has 0 fully saturated rings. The van der Waals surface area contributed by atoms with Crippen LogP contribution < -0.4 is 5.32 Å². The molecule has 0 saturated carbocycles. The van der Waals surface area contributed by atoms with Crippen molar-refractivity contribution in [2.75, 3.05) is 5.32 Å². The van der Waals surface area contributed by atoms with Crippen LogP contribution in [0.1, 0.15) is 21.6 Å². The first-order chi connectivity index (χ1) is 12.1. The van der Waals surface area contributed by atoms with E-state index in [4.69, 9.17) is 5.26 Å². The minimum atomic E-state index is -0.357. The van der Waals surface area contributed by atoms with Crippen molar-refractivity contribution in [2.24, 2.45) is 0 Å². The monoisotopic (exact) mass is 351 g/mol. The third-order valence-electron chi connectivity index (χ3n) is 3.52. The van der Waals surface area contributed by atoms with Gasteiger partial charge in [-0.15, -0.1) is 11.3 Å². The van der Waals surface area contributed by atoms with Crippen molar-refractivity contribution in [1.29, 1.82) is 5.26 Å². The fraction of sp³-hybridized carbons (Fsp3) is 0.105. The largest absolute Gasteiger partial charge is 0.302 e. The molecule has 0 aliphatic rings. The highest BCUT2D eigenvalue weighted by Gasteiger charge is 2.09. The molecule has 0 atom stereocenters. The van der Waals surface area contributed by atoms with Crippen molar-refractivity contribution in [1.82, 2.24) is 4.98 Å². The molecule has 0 saturated heterocycles. The number of hydrogen-bond acceptors (Lipinski definition) is 4. The molecular formula is C19H14FN3OS. The van der Waals surface area contributed by atoms with Crippen molar-refractivity contribution in [3.8, 4) is 6.07 Å². The molecule has 3 rings (SSSR count). The van der Waals surface area contributed by atoms with E-state index in [0.29, 0.717) is 22.7 Å². The van der Waals surface area contributed by atoms with Crippen LogP contribution in [0, 0.1) is 17.1 Å². The topological polar surface area (TPSA) is 65.8 Å². The molecule has 1 amide bonds. The van der Waals surface area contributed by atoms with E-state index >= 15 is 0 Å². The van der Waals surface area contributed by atoms with Crippen LogP contribution in [0.25, 0.3) is 0 Å². The van der Waals surface area contributed by atoms with Crippen LogP contribution in [-0.2, 0) is 17.6 Å². The van der Waals surface area contributed by atoms with Gasteiger partial charge in [0, 0.05) is 17.5 Å². The van der Waals surface area contributed by atoms with Crippen molar-refractivity contribution in [2.45, 2.75) is 12.8 Å². The summed E-state index contributed by atoms with van der Waals surface area (Å²) in [7, 11) is 0. The normalized spacial score (nSPS) is 10.2. The fourth-order valence-corrected chi connectivity index (χ4v) is 3.20. The number of nitriles is 1. The van der Waals surface area contributed by atoms with Crippen molar-refractivity contribution < 1.29 is 9.18 Å². The number of amides is 1. The van der Waals surface area contributed by atoms with Crippen LogP contribution in [0.4, 0.5) is 9.52 Å². The number of nitrogens with zero attached hydrogens (tertiary/aromatic N) is 2. The van der Waals surface area contributed by atoms with E-state index in [0.717, 1.165) is 10.4 Å². The van der Waals surface area contributed by atoms with Crippen LogP contribution in [0.5, 0.6) is 0 Å². The Bertz CT molecular complexity index is 928. The second-order valence-electron chi connectivity index (χ2n) is 5.47. The summed E-state index contributed by atoms with van der Waals surface area (Å²) >= 11 is 1.40. The predicted octanol–water partition coefficient (Wildman–Crippen LogP) is 3.93. The van der Waals surface area contributed by atoms with Gasteiger partial charge in [0.2, 0.25) is 5.91 Å². The summed E-state index contributed by atoms with van der Waals surface area (Å²) in [5, 5.41) is 12.1. The molecule has 1 N–H and O–H groups in total. The van der Waals surface area contributed by atoms with E-state index in [2.05, 4.69) is 16.4 Å². The molecule has 0 unspecified atom stereocenters. The van der Waals surface area contributed by atoms with Gasteiger partial charge in [-0.05, 0) is 35.4 Å². The Hall–Kier alpha value is -3.04. The number of anilines is 1. The van der Waals surface area contributed by atoms with E-state index in [-0.39, 0.29) is 18.1 Å². The van der Waals surface area contributed by atoms with Gasteiger partial charge in [0.25, 0.3) is 0 Å². The minimum absolute atomic E-state index is 0.0995. The molecular weight excluding hydrogens is 337 g/mol. The number of rotatable bonds is 5. The molecule has 124 valence electrons. The molecule has 1 aromatic heterocycles. The van der Waals surface area contributed by atoms with Gasteiger partial charge in [-0.1, -0.05) is 24.3 Å². The zero-order valence-electron chi connectivity index (χ0n) is 13.2. The quantitative estimate of drug-likeness (QED) is 0.757. The Morgan fingerprint density at radius 3 is 2.72 bits per heavy atom. The maximum Gasteiger partial charge on any atom is 0.230 e. The molecule has 0 radical (unpaired) electrons. The Morgan fingerprint density at radius 2 is 2.00 bits per heavy atom. The minimum Gasteiger partial charge on any atom is -0.302 e. The summed E-state index contributed by atoms with van der Waals surface area (Å²) in [4.78, 5) is 17.2. The second-order valence-corrected chi connectivity index (χ2v) is 6.59. The first-order valence-electron chi connectivity index (χ1n) is 7.60. The number of aromatic nitrogens is 1. The summed E-state index contributed by atoms with van der Waals surface area (Å²) < 4.78 is 13.1. The maximum atomic E-state index is 13.1. The van der Waals surface area contributed by atoms with Crippen LogP contribution in [-0.4, -0.2) is 10.9 Å². The molecule has 25 heavy (non-hydrogen) atoms. The van der Waals surface area contributed by atoms with Crippen LogP contribution in [0.15, 0.2) is 54.7 Å². The highest BCUT2D eigenvalue weighted by atomic mass is 32.1. The van der Waals surface area contributed by atoms with Crippen molar-refractivity contribution in [3.63, 3.8) is 0 Å². The number of carbonyl (C=O) groups excluding carboxylic acids is 1. The molecule has 4 nitrogen and oxygen atoms in total. The highest BCUT2D eigenvalue weighted by molar-refractivity contribution is 7.15. The average Bonchev–Trinajstić information content (AvgIpc) is 3.02. The Kier molecular flexibility index (Phi) is 5.17. The Balaban J connectivity index is 1.59. The molecule has 0 spiro atoms. The molecule has 1 heterocycles. The number of nitrogens with one attached hydrogen (secondary N) is 1. The van der Waals surface area contributed by atoms with Gasteiger partial charge in [0.15, 0.2) is 5.13 Å². The van der Waals surface area contributed by atoms with Gasteiger partial charge < -0.3 is 5.32 Å². The number of hydrogen-bond donors (Lipinski definition) is 1. The summed E-state index contributed by atoms with van der Waals surface area (Å²) in [6.45, 7) is 0. The molecule has 0 aliphatic heterocycles. The summed E-state index contributed by atoms with van der Waals surface area (Å²) in [6.07, 6.45) is 2.51. The molecule has 3 aromatic rings. The zero-order valence-corrected chi connectivity index (χ0v) is 14.0. The Labute approximate surface area is 148 Å². The average molecular weight is 351 g/mol. The lowest BCUT2D eigenvalue weighted by molar-refractivity contribution is -0.115. The third kappa shape index (κ3) is 4.72. The highest BCUT2D eigenvalue weighted by Crippen LogP contribution is 2.21. The standard InChI is InChI=1S/C19H14FN3OS/c20-16-3-1-2-15(8-16)10-18(24)23-19-22-12-17(25-19)9-13-4-6-14(11-21)7-5-13/h1-8,12H,9-10H2,(H,22,23,24). The third-order valence-corrected chi connectivity index (χ3v) is 4.43. The molecule has 2 aromatic carbocycles. The first-order valence-corrected chi connectivity index (χ1v) is 8.42. The van der Waals surface area contributed by atoms with Gasteiger partial charge in [-0.2, -0.15) is 5.26 Å². The van der Waals surface area contributed by atoms with Gasteiger partial charge in [0.05, 0.1) is 18.1 Å². The van der Waals surface area contributed by atoms with Crippen LogP contribution in [0.2, 0.25) is 0 Å². The lowest BCUT2D eigenvalue weighted by Crippen LogP contribution is -2.14. The lowest BCUT2D eigenvalue weighted by atomic mass is 10.1. The van der Waals surface area contributed by atoms with E-state index in [1.54, 1.807) is 30.5 Å². The summed E-state index contributed by atoms with van der Waals surface area (Å²) in [6, 6.07) is 15.4. The first kappa shape index (κ1) is 16.8. The van der Waals surface area contributed by atoms with Gasteiger partial charge >= 0.3 is 0 Å². The SMILES string of the molecule is N#Cc1ccc(Cc2cnc(NC(=O)Cc3cccc(F)c3)s2)cc1. The molecule has 6 heteroatoms. The lowest BCUT2D eigenvalue weighted by Gasteiger charge is -2.02. The number of benzene rings is 2. The van der Waals surface area contributed by atoms with E-state index in [9.17, 15) is 9.18 Å².